The second kappa shape index (κ2) is 6.45. The van der Waals surface area contributed by atoms with E-state index in [1.165, 1.54) is 0 Å². The molecule has 3 rings (SSSR count). The molecule has 2 atom stereocenters. The molecule has 7 nitrogen and oxygen atoms in total. The number of carbonyl (C=O) groups excluding carboxylic acids is 2. The molecular weight excluding hydrogens is 300 g/mol. The van der Waals surface area contributed by atoms with Crippen molar-refractivity contribution in [1.29, 1.82) is 0 Å². The number of nitrogens with one attached hydrogen (secondary N) is 1. The zero-order chi connectivity index (χ0) is 16.4. The Morgan fingerprint density at radius 1 is 1.43 bits per heavy atom. The van der Waals surface area contributed by atoms with Crippen LogP contribution >= 0.6 is 0 Å². The number of nitrogens with zero attached hydrogens (tertiary/aromatic N) is 1. The zero-order valence-corrected chi connectivity index (χ0v) is 13.2. The van der Waals surface area contributed by atoms with Gasteiger partial charge in [-0.1, -0.05) is 0 Å². The summed E-state index contributed by atoms with van der Waals surface area (Å²) >= 11 is 0. The summed E-state index contributed by atoms with van der Waals surface area (Å²) in [4.78, 5) is 26.2. The summed E-state index contributed by atoms with van der Waals surface area (Å²) in [7, 11) is 1.60. The smallest absolute Gasteiger partial charge is 0.231 e. The van der Waals surface area contributed by atoms with E-state index < -0.39 is 0 Å². The Hall–Kier alpha value is -2.28. The Morgan fingerprint density at radius 3 is 3.00 bits per heavy atom. The van der Waals surface area contributed by atoms with Crippen molar-refractivity contribution in [2.24, 2.45) is 5.92 Å². The van der Waals surface area contributed by atoms with Crippen LogP contribution in [0.25, 0.3) is 0 Å². The highest BCUT2D eigenvalue weighted by Crippen LogP contribution is 2.34. The second-order valence-corrected chi connectivity index (χ2v) is 5.81. The van der Waals surface area contributed by atoms with Gasteiger partial charge in [0, 0.05) is 31.8 Å². The average Bonchev–Trinajstić information content (AvgIpc) is 3.13. The van der Waals surface area contributed by atoms with Crippen molar-refractivity contribution in [2.45, 2.75) is 19.4 Å². The second-order valence-electron chi connectivity index (χ2n) is 5.81. The van der Waals surface area contributed by atoms with Crippen LogP contribution in [0.2, 0.25) is 0 Å². The van der Waals surface area contributed by atoms with Crippen molar-refractivity contribution in [2.75, 3.05) is 32.4 Å². The van der Waals surface area contributed by atoms with Gasteiger partial charge in [-0.15, -0.1) is 0 Å². The molecule has 23 heavy (non-hydrogen) atoms. The molecular formula is C16H20N2O5. The molecule has 1 saturated heterocycles. The summed E-state index contributed by atoms with van der Waals surface area (Å²) in [6.45, 7) is 2.98. The first-order chi connectivity index (χ1) is 11.1. The Labute approximate surface area is 134 Å². The van der Waals surface area contributed by atoms with Crippen LogP contribution in [0.5, 0.6) is 11.5 Å². The predicted molar refractivity (Wildman–Crippen MR) is 82.4 cm³/mol. The predicted octanol–water partition coefficient (Wildman–Crippen LogP) is 1.24. The Kier molecular flexibility index (Phi) is 4.38. The first kappa shape index (κ1) is 15.6. The maximum atomic E-state index is 12.4. The minimum absolute atomic E-state index is 0.0135. The van der Waals surface area contributed by atoms with Gasteiger partial charge in [-0.2, -0.15) is 0 Å². The summed E-state index contributed by atoms with van der Waals surface area (Å²) < 4.78 is 15.6. The van der Waals surface area contributed by atoms with Gasteiger partial charge < -0.3 is 24.4 Å². The average molecular weight is 320 g/mol. The number of ether oxygens (including phenoxy) is 3. The lowest BCUT2D eigenvalue weighted by atomic mass is 10.1. The van der Waals surface area contributed by atoms with E-state index in [-0.39, 0.29) is 37.0 Å². The number of likely N-dealkylation sites (tertiary alicyclic amines) is 1. The van der Waals surface area contributed by atoms with Gasteiger partial charge in [0.25, 0.3) is 0 Å². The Balaban J connectivity index is 1.62. The van der Waals surface area contributed by atoms with Crippen molar-refractivity contribution in [3.63, 3.8) is 0 Å². The maximum absolute atomic E-state index is 12.4. The van der Waals surface area contributed by atoms with Gasteiger partial charge >= 0.3 is 0 Å². The van der Waals surface area contributed by atoms with E-state index >= 15 is 0 Å². The number of benzene rings is 1. The number of hydrogen-bond acceptors (Lipinski definition) is 5. The molecule has 1 aromatic carbocycles. The summed E-state index contributed by atoms with van der Waals surface area (Å²) in [5.41, 5.74) is 0.634. The molecule has 0 radical (unpaired) electrons. The number of fused-ring (bicyclic) bond motifs is 1. The summed E-state index contributed by atoms with van der Waals surface area (Å²) in [6, 6.07) is 5.21. The molecule has 2 aliphatic heterocycles. The fourth-order valence-corrected chi connectivity index (χ4v) is 2.88. The summed E-state index contributed by atoms with van der Waals surface area (Å²) in [5, 5.41) is 2.84. The maximum Gasteiger partial charge on any atom is 0.231 e. The zero-order valence-electron chi connectivity index (χ0n) is 13.2. The minimum Gasteiger partial charge on any atom is -0.454 e. The first-order valence-electron chi connectivity index (χ1n) is 7.57. The van der Waals surface area contributed by atoms with E-state index in [2.05, 4.69) is 5.32 Å². The molecule has 2 heterocycles. The van der Waals surface area contributed by atoms with Crippen LogP contribution in [0.3, 0.4) is 0 Å². The highest BCUT2D eigenvalue weighted by molar-refractivity contribution is 5.97. The SMILES string of the molecule is COCC(C)N1CC(C(=O)Nc2ccc3c(c2)OCO3)CC1=O. The van der Waals surface area contributed by atoms with Crippen LogP contribution in [-0.2, 0) is 14.3 Å². The van der Waals surface area contributed by atoms with Crippen LogP contribution in [-0.4, -0.2) is 49.8 Å². The fraction of sp³-hybridized carbons (Fsp3) is 0.500. The van der Waals surface area contributed by atoms with Gasteiger partial charge in [-0.25, -0.2) is 0 Å². The highest BCUT2D eigenvalue weighted by Gasteiger charge is 2.36. The lowest BCUT2D eigenvalue weighted by molar-refractivity contribution is -0.130. The van der Waals surface area contributed by atoms with E-state index in [0.717, 1.165) is 0 Å². The van der Waals surface area contributed by atoms with Gasteiger partial charge in [-0.05, 0) is 19.1 Å². The normalized spacial score (nSPS) is 20.7. The number of hydrogen-bond donors (Lipinski definition) is 1. The number of rotatable bonds is 5. The van der Waals surface area contributed by atoms with Crippen molar-refractivity contribution >= 4 is 17.5 Å². The Bertz CT molecular complexity index is 618. The van der Waals surface area contributed by atoms with Gasteiger partial charge in [-0.3, -0.25) is 9.59 Å². The molecule has 0 spiro atoms. The van der Waals surface area contributed by atoms with Crippen molar-refractivity contribution in [3.8, 4) is 11.5 Å². The molecule has 2 amide bonds. The third-order valence-electron chi connectivity index (χ3n) is 4.11. The lowest BCUT2D eigenvalue weighted by Crippen LogP contribution is -2.38. The van der Waals surface area contributed by atoms with Gasteiger partial charge in [0.05, 0.1) is 18.6 Å². The highest BCUT2D eigenvalue weighted by atomic mass is 16.7. The van der Waals surface area contributed by atoms with E-state index in [1.54, 1.807) is 30.2 Å². The third kappa shape index (κ3) is 3.24. The molecule has 0 aliphatic carbocycles. The molecule has 1 fully saturated rings. The summed E-state index contributed by atoms with van der Waals surface area (Å²) in [6.07, 6.45) is 0.227. The van der Waals surface area contributed by atoms with Crippen molar-refractivity contribution in [3.05, 3.63) is 18.2 Å². The molecule has 1 aromatic rings. The van der Waals surface area contributed by atoms with Crippen LogP contribution in [0, 0.1) is 5.92 Å². The van der Waals surface area contributed by atoms with Crippen LogP contribution < -0.4 is 14.8 Å². The third-order valence-corrected chi connectivity index (χ3v) is 4.11. The van der Waals surface area contributed by atoms with E-state index in [4.69, 9.17) is 14.2 Å². The van der Waals surface area contributed by atoms with Gasteiger partial charge in [0.2, 0.25) is 18.6 Å². The molecule has 0 aromatic heterocycles. The Morgan fingerprint density at radius 2 is 2.22 bits per heavy atom. The van der Waals surface area contributed by atoms with Gasteiger partial charge in [0.1, 0.15) is 0 Å². The molecule has 7 heteroatoms. The first-order valence-corrected chi connectivity index (χ1v) is 7.57. The van der Waals surface area contributed by atoms with E-state index in [9.17, 15) is 9.59 Å². The number of carbonyl (C=O) groups is 2. The van der Waals surface area contributed by atoms with E-state index in [0.29, 0.717) is 30.3 Å². The molecule has 2 unspecified atom stereocenters. The number of anilines is 1. The quantitative estimate of drug-likeness (QED) is 0.883. The molecule has 124 valence electrons. The number of methoxy groups -OCH3 is 1. The van der Waals surface area contributed by atoms with Crippen LogP contribution in [0.1, 0.15) is 13.3 Å². The molecule has 0 bridgehead atoms. The van der Waals surface area contributed by atoms with E-state index in [1.807, 2.05) is 6.92 Å². The largest absolute Gasteiger partial charge is 0.454 e. The molecule has 2 aliphatic rings. The lowest BCUT2D eigenvalue weighted by Gasteiger charge is -2.23. The fourth-order valence-electron chi connectivity index (χ4n) is 2.88. The van der Waals surface area contributed by atoms with Crippen molar-refractivity contribution < 1.29 is 23.8 Å². The monoisotopic (exact) mass is 320 g/mol. The topological polar surface area (TPSA) is 77.1 Å². The van der Waals surface area contributed by atoms with Crippen LogP contribution in [0.4, 0.5) is 5.69 Å². The standard InChI is InChI=1S/C16H20N2O5/c1-10(8-21-2)18-7-11(5-15(18)19)16(20)17-12-3-4-13-14(6-12)23-9-22-13/h3-4,6,10-11H,5,7-9H2,1-2H3,(H,17,20). The summed E-state index contributed by atoms with van der Waals surface area (Å²) in [5.74, 6) is 0.746. The molecule has 1 N–H and O–H groups in total. The van der Waals surface area contributed by atoms with Crippen molar-refractivity contribution in [1.82, 2.24) is 4.90 Å². The van der Waals surface area contributed by atoms with Gasteiger partial charge in [0.15, 0.2) is 11.5 Å². The van der Waals surface area contributed by atoms with Crippen LogP contribution in [0.15, 0.2) is 18.2 Å². The minimum atomic E-state index is -0.354. The number of amides is 2. The molecule has 0 saturated carbocycles.